The summed E-state index contributed by atoms with van der Waals surface area (Å²) in [5.74, 6) is -0.521. The molecule has 8 heteroatoms. The van der Waals surface area contributed by atoms with E-state index in [0.29, 0.717) is 22.3 Å². The Hall–Kier alpha value is -2.45. The first-order chi connectivity index (χ1) is 12.7. The van der Waals surface area contributed by atoms with E-state index in [1.807, 2.05) is 13.8 Å². The summed E-state index contributed by atoms with van der Waals surface area (Å²) in [6.45, 7) is 5.39. The number of aryl methyl sites for hydroxylation is 2. The van der Waals surface area contributed by atoms with Crippen molar-refractivity contribution < 1.29 is 17.6 Å². The molecule has 0 saturated heterocycles. The zero-order chi connectivity index (χ0) is 19.8. The summed E-state index contributed by atoms with van der Waals surface area (Å²) in [7, 11) is -4.11. The number of rotatable bonds is 5. The number of carbonyl (C=O) groups is 1. The van der Waals surface area contributed by atoms with Crippen LogP contribution in [0.5, 0.6) is 0 Å². The lowest BCUT2D eigenvalue weighted by atomic mass is 10.2. The van der Waals surface area contributed by atoms with Crippen molar-refractivity contribution in [1.82, 2.24) is 0 Å². The molecule has 3 aromatic rings. The molecule has 0 aliphatic rings. The quantitative estimate of drug-likeness (QED) is 0.641. The van der Waals surface area contributed by atoms with Gasteiger partial charge in [-0.15, -0.1) is 0 Å². The van der Waals surface area contributed by atoms with Gasteiger partial charge in [0.25, 0.3) is 10.0 Å². The lowest BCUT2D eigenvalue weighted by molar-refractivity contribution is -0.117. The first kappa shape index (κ1) is 19.3. The van der Waals surface area contributed by atoms with E-state index in [1.54, 1.807) is 19.1 Å². The molecule has 0 bridgehead atoms. The molecule has 1 aromatic heterocycles. The molecule has 0 unspecified atom stereocenters. The lowest BCUT2D eigenvalue weighted by Gasteiger charge is -2.23. The SMILES string of the molecule is CCCC(=O)N(c1ccc2oc(=O)sc2c1)S(=O)(=O)c1ccc(C)cc1C. The van der Waals surface area contributed by atoms with Crippen molar-refractivity contribution in [3.05, 3.63) is 57.3 Å². The first-order valence-corrected chi connectivity index (χ1v) is 10.7. The van der Waals surface area contributed by atoms with Crippen LogP contribution in [-0.2, 0) is 14.8 Å². The van der Waals surface area contributed by atoms with E-state index in [4.69, 9.17) is 4.42 Å². The average molecular weight is 405 g/mol. The van der Waals surface area contributed by atoms with Crippen LogP contribution in [-0.4, -0.2) is 14.3 Å². The van der Waals surface area contributed by atoms with Crippen LogP contribution in [0.1, 0.15) is 30.9 Å². The Labute approximate surface area is 161 Å². The van der Waals surface area contributed by atoms with Gasteiger partial charge in [-0.25, -0.2) is 17.5 Å². The van der Waals surface area contributed by atoms with Crippen LogP contribution in [0.4, 0.5) is 5.69 Å². The second kappa shape index (κ2) is 7.28. The highest BCUT2D eigenvalue weighted by molar-refractivity contribution is 7.93. The van der Waals surface area contributed by atoms with Gasteiger partial charge in [0.15, 0.2) is 0 Å². The maximum absolute atomic E-state index is 13.3. The van der Waals surface area contributed by atoms with Gasteiger partial charge in [0, 0.05) is 6.42 Å². The van der Waals surface area contributed by atoms with Crippen LogP contribution < -0.4 is 9.24 Å². The molecule has 6 nitrogen and oxygen atoms in total. The molecule has 142 valence electrons. The lowest BCUT2D eigenvalue weighted by Crippen LogP contribution is -2.37. The Morgan fingerprint density at radius 2 is 1.89 bits per heavy atom. The van der Waals surface area contributed by atoms with Gasteiger partial charge in [-0.05, 0) is 50.1 Å². The van der Waals surface area contributed by atoms with Gasteiger partial charge in [-0.1, -0.05) is 36.0 Å². The number of anilines is 1. The van der Waals surface area contributed by atoms with Crippen molar-refractivity contribution in [2.45, 2.75) is 38.5 Å². The van der Waals surface area contributed by atoms with Crippen LogP contribution in [0, 0.1) is 13.8 Å². The monoisotopic (exact) mass is 405 g/mol. The molecule has 0 aliphatic carbocycles. The van der Waals surface area contributed by atoms with Crippen LogP contribution in [0.2, 0.25) is 0 Å². The highest BCUT2D eigenvalue weighted by Crippen LogP contribution is 2.30. The van der Waals surface area contributed by atoms with E-state index >= 15 is 0 Å². The fourth-order valence-corrected chi connectivity index (χ4v) is 5.26. The topological polar surface area (TPSA) is 84.7 Å². The van der Waals surface area contributed by atoms with Gasteiger partial charge in [0.1, 0.15) is 5.58 Å². The van der Waals surface area contributed by atoms with E-state index in [0.717, 1.165) is 21.2 Å². The average Bonchev–Trinajstić information content (AvgIpc) is 2.94. The highest BCUT2D eigenvalue weighted by atomic mass is 32.2. The maximum atomic E-state index is 13.3. The summed E-state index contributed by atoms with van der Waals surface area (Å²) in [4.78, 5) is 23.8. The number of hydrogen-bond acceptors (Lipinski definition) is 6. The smallest absolute Gasteiger partial charge is 0.396 e. The minimum atomic E-state index is -4.11. The van der Waals surface area contributed by atoms with Crippen LogP contribution in [0.25, 0.3) is 10.3 Å². The number of nitrogens with zero attached hydrogens (tertiary/aromatic N) is 1. The second-order valence-corrected chi connectivity index (χ2v) is 9.00. The molecular weight excluding hydrogens is 386 g/mol. The third kappa shape index (κ3) is 3.68. The van der Waals surface area contributed by atoms with E-state index in [-0.39, 0.29) is 17.0 Å². The predicted octanol–water partition coefficient (Wildman–Crippen LogP) is 3.99. The fourth-order valence-electron chi connectivity index (χ4n) is 2.91. The van der Waals surface area contributed by atoms with Gasteiger partial charge >= 0.3 is 4.94 Å². The number of hydrogen-bond donors (Lipinski definition) is 0. The molecule has 2 aromatic carbocycles. The number of fused-ring (bicyclic) bond motifs is 1. The van der Waals surface area contributed by atoms with Crippen molar-refractivity contribution in [3.63, 3.8) is 0 Å². The maximum Gasteiger partial charge on any atom is 0.396 e. The second-order valence-electron chi connectivity index (χ2n) is 6.27. The van der Waals surface area contributed by atoms with Crippen LogP contribution in [0.3, 0.4) is 0 Å². The summed E-state index contributed by atoms with van der Waals surface area (Å²) < 4.78 is 33.0. The van der Waals surface area contributed by atoms with E-state index in [1.165, 1.54) is 24.3 Å². The molecule has 1 amide bonds. The first-order valence-electron chi connectivity index (χ1n) is 8.43. The largest absolute Gasteiger partial charge is 0.414 e. The Balaban J connectivity index is 2.20. The summed E-state index contributed by atoms with van der Waals surface area (Å²) in [5.41, 5.74) is 2.05. The molecule has 0 radical (unpaired) electrons. The third-order valence-corrected chi connectivity index (χ3v) is 6.79. The zero-order valence-corrected chi connectivity index (χ0v) is 16.8. The molecule has 27 heavy (non-hydrogen) atoms. The normalized spacial score (nSPS) is 11.7. The standard InChI is InChI=1S/C19H19NO5S2/c1-4-5-18(21)20(14-7-8-15-16(11-14)26-19(22)25-15)27(23,24)17-9-6-12(2)10-13(17)3/h6-11H,4-5H2,1-3H3. The number of benzene rings is 2. The summed E-state index contributed by atoms with van der Waals surface area (Å²) >= 11 is 0.865. The molecule has 0 saturated carbocycles. The van der Waals surface area contributed by atoms with Crippen LogP contribution >= 0.6 is 11.3 Å². The van der Waals surface area contributed by atoms with Crippen molar-refractivity contribution in [1.29, 1.82) is 0 Å². The zero-order valence-electron chi connectivity index (χ0n) is 15.2. The van der Waals surface area contributed by atoms with Gasteiger partial charge in [-0.3, -0.25) is 4.79 Å². The van der Waals surface area contributed by atoms with Crippen molar-refractivity contribution in [2.75, 3.05) is 4.31 Å². The van der Waals surface area contributed by atoms with Crippen molar-refractivity contribution in [3.8, 4) is 0 Å². The number of carbonyl (C=O) groups excluding carboxylic acids is 1. The number of amides is 1. The fraction of sp³-hybridized carbons (Fsp3) is 0.263. The molecule has 0 aliphatic heterocycles. The Morgan fingerprint density at radius 1 is 1.15 bits per heavy atom. The van der Waals surface area contributed by atoms with Gasteiger partial charge in [0.2, 0.25) is 5.91 Å². The molecule has 1 heterocycles. The molecule has 0 atom stereocenters. The Morgan fingerprint density at radius 3 is 2.56 bits per heavy atom. The molecule has 0 N–H and O–H groups in total. The molecular formula is C19H19NO5S2. The molecule has 3 rings (SSSR count). The van der Waals surface area contributed by atoms with Crippen molar-refractivity contribution in [2.24, 2.45) is 0 Å². The summed E-state index contributed by atoms with van der Waals surface area (Å²) in [5, 5.41) is 0. The number of sulfonamides is 1. The predicted molar refractivity (Wildman–Crippen MR) is 106 cm³/mol. The third-order valence-electron chi connectivity index (χ3n) is 4.09. The van der Waals surface area contributed by atoms with Gasteiger partial charge in [0.05, 0.1) is 15.3 Å². The minimum Gasteiger partial charge on any atom is -0.414 e. The molecule has 0 fully saturated rings. The van der Waals surface area contributed by atoms with E-state index in [2.05, 4.69) is 0 Å². The van der Waals surface area contributed by atoms with Gasteiger partial charge in [-0.2, -0.15) is 0 Å². The summed E-state index contributed by atoms with van der Waals surface area (Å²) in [6, 6.07) is 9.47. The minimum absolute atomic E-state index is 0.0815. The summed E-state index contributed by atoms with van der Waals surface area (Å²) in [6.07, 6.45) is 0.600. The van der Waals surface area contributed by atoms with Crippen LogP contribution in [0.15, 0.2) is 50.5 Å². The molecule has 0 spiro atoms. The van der Waals surface area contributed by atoms with Gasteiger partial charge < -0.3 is 4.42 Å². The highest BCUT2D eigenvalue weighted by Gasteiger charge is 2.32. The van der Waals surface area contributed by atoms with Crippen molar-refractivity contribution >= 4 is 43.2 Å². The Bertz CT molecular complexity index is 1170. The Kier molecular flexibility index (Phi) is 5.21. The van der Waals surface area contributed by atoms with E-state index in [9.17, 15) is 18.0 Å². The van der Waals surface area contributed by atoms with E-state index < -0.39 is 20.9 Å².